The van der Waals surface area contributed by atoms with E-state index in [1.54, 1.807) is 4.90 Å². The Balaban J connectivity index is 1.83. The molecule has 0 aromatic heterocycles. The Morgan fingerprint density at radius 2 is 1.72 bits per heavy atom. The number of piperidine rings is 1. The van der Waals surface area contributed by atoms with Crippen LogP contribution < -0.4 is 0 Å². The molecule has 1 amide bonds. The van der Waals surface area contributed by atoms with E-state index in [-0.39, 0.29) is 18.4 Å². The first-order valence-corrected chi connectivity index (χ1v) is 8.68. The molecule has 0 spiro atoms. The topological polar surface area (TPSA) is 57.6 Å². The largest absolute Gasteiger partial charge is 0.481 e. The van der Waals surface area contributed by atoms with Gasteiger partial charge in [0, 0.05) is 18.7 Å². The zero-order valence-corrected chi connectivity index (χ0v) is 14.4. The molecular formula is C21H23NO3. The summed E-state index contributed by atoms with van der Waals surface area (Å²) < 4.78 is 0. The molecular weight excluding hydrogens is 314 g/mol. The lowest BCUT2D eigenvalue weighted by molar-refractivity contribution is -0.143. The summed E-state index contributed by atoms with van der Waals surface area (Å²) in [6.07, 6.45) is 1.32. The quantitative estimate of drug-likeness (QED) is 0.929. The predicted octanol–water partition coefficient (Wildman–Crippen LogP) is 3.46. The molecule has 4 heteroatoms. The summed E-state index contributed by atoms with van der Waals surface area (Å²) in [7, 11) is 0. The van der Waals surface area contributed by atoms with E-state index >= 15 is 0 Å². The zero-order chi connectivity index (χ0) is 17.8. The second-order valence-corrected chi connectivity index (χ2v) is 6.91. The molecule has 1 heterocycles. The lowest BCUT2D eigenvalue weighted by atomic mass is 9.89. The first-order chi connectivity index (χ1) is 12.0. The van der Waals surface area contributed by atoms with Gasteiger partial charge in [-0.3, -0.25) is 9.59 Å². The lowest BCUT2D eigenvalue weighted by Crippen LogP contribution is -2.45. The highest BCUT2D eigenvalue weighted by Crippen LogP contribution is 2.25. The molecule has 130 valence electrons. The van der Waals surface area contributed by atoms with Crippen molar-refractivity contribution in [2.45, 2.75) is 19.8 Å². The van der Waals surface area contributed by atoms with Crippen LogP contribution in [0.4, 0.5) is 0 Å². The number of amides is 1. The van der Waals surface area contributed by atoms with Crippen LogP contribution in [0, 0.1) is 11.8 Å². The van der Waals surface area contributed by atoms with Crippen molar-refractivity contribution in [1.29, 1.82) is 0 Å². The van der Waals surface area contributed by atoms with Crippen molar-refractivity contribution in [2.75, 3.05) is 13.1 Å². The Bertz CT molecular complexity index is 757. The predicted molar refractivity (Wildman–Crippen MR) is 96.5 cm³/mol. The van der Waals surface area contributed by atoms with Gasteiger partial charge in [0.1, 0.15) is 0 Å². The molecule has 25 heavy (non-hydrogen) atoms. The maximum absolute atomic E-state index is 13.1. The van der Waals surface area contributed by atoms with Gasteiger partial charge in [-0.1, -0.05) is 55.5 Å². The fraction of sp³-hybridized carbons (Fsp3) is 0.333. The summed E-state index contributed by atoms with van der Waals surface area (Å²) >= 11 is 0. The summed E-state index contributed by atoms with van der Waals surface area (Å²) in [5.41, 5.74) is 2.80. The van der Waals surface area contributed by atoms with Crippen LogP contribution in [0.2, 0.25) is 0 Å². The van der Waals surface area contributed by atoms with Crippen molar-refractivity contribution in [3.63, 3.8) is 0 Å². The van der Waals surface area contributed by atoms with E-state index in [0.29, 0.717) is 24.9 Å². The normalized spacial score (nSPS) is 20.3. The number of carboxylic acids is 1. The highest BCUT2D eigenvalue weighted by atomic mass is 16.4. The molecule has 2 unspecified atom stereocenters. The van der Waals surface area contributed by atoms with Gasteiger partial charge < -0.3 is 10.0 Å². The average molecular weight is 337 g/mol. The molecule has 2 aromatic carbocycles. The van der Waals surface area contributed by atoms with E-state index in [2.05, 4.69) is 0 Å². The summed E-state index contributed by atoms with van der Waals surface area (Å²) in [5.74, 6) is -1.17. The number of carboxylic acid groups (broad SMARTS) is 1. The Kier molecular flexibility index (Phi) is 5.17. The average Bonchev–Trinajstić information content (AvgIpc) is 2.62. The lowest BCUT2D eigenvalue weighted by Gasteiger charge is -2.35. The van der Waals surface area contributed by atoms with E-state index in [1.165, 1.54) is 0 Å². The molecule has 4 nitrogen and oxygen atoms in total. The number of likely N-dealkylation sites (tertiary alicyclic amines) is 1. The van der Waals surface area contributed by atoms with Crippen LogP contribution in [0.5, 0.6) is 0 Å². The minimum Gasteiger partial charge on any atom is -0.481 e. The third-order valence-electron chi connectivity index (χ3n) is 4.78. The Hall–Kier alpha value is -2.62. The van der Waals surface area contributed by atoms with E-state index in [1.807, 2.05) is 61.5 Å². The highest BCUT2D eigenvalue weighted by Gasteiger charge is 2.32. The molecule has 1 aliphatic rings. The fourth-order valence-electron chi connectivity index (χ4n) is 3.57. The van der Waals surface area contributed by atoms with Gasteiger partial charge in [0.2, 0.25) is 0 Å². The third-order valence-corrected chi connectivity index (χ3v) is 4.78. The first kappa shape index (κ1) is 17.2. The molecule has 0 aliphatic carbocycles. The van der Waals surface area contributed by atoms with Crippen molar-refractivity contribution >= 4 is 11.9 Å². The van der Waals surface area contributed by atoms with Gasteiger partial charge in [0.25, 0.3) is 5.91 Å². The maximum Gasteiger partial charge on any atom is 0.308 e. The molecule has 3 rings (SSSR count). The number of hydrogen-bond acceptors (Lipinski definition) is 2. The molecule has 1 N–H and O–H groups in total. The Labute approximate surface area is 148 Å². The van der Waals surface area contributed by atoms with Crippen molar-refractivity contribution < 1.29 is 14.7 Å². The van der Waals surface area contributed by atoms with E-state index < -0.39 is 11.9 Å². The number of aliphatic carboxylic acids is 1. The van der Waals surface area contributed by atoms with E-state index in [0.717, 1.165) is 11.1 Å². The van der Waals surface area contributed by atoms with Crippen LogP contribution in [-0.2, 0) is 11.2 Å². The molecule has 2 aromatic rings. The van der Waals surface area contributed by atoms with Crippen LogP contribution in [0.25, 0.3) is 0 Å². The first-order valence-electron chi connectivity index (χ1n) is 8.68. The number of hydrogen-bond donors (Lipinski definition) is 1. The summed E-state index contributed by atoms with van der Waals surface area (Å²) in [6.45, 7) is 2.91. The molecule has 0 bridgehead atoms. The molecule has 1 saturated heterocycles. The van der Waals surface area contributed by atoms with Crippen molar-refractivity contribution in [3.05, 3.63) is 71.3 Å². The molecule has 0 radical (unpaired) electrons. The number of carbonyl (C=O) groups is 2. The summed E-state index contributed by atoms with van der Waals surface area (Å²) in [5, 5.41) is 9.34. The van der Waals surface area contributed by atoms with Crippen molar-refractivity contribution in [1.82, 2.24) is 4.90 Å². The SMILES string of the molecule is CC1CC(C(=O)O)CN(C(=O)c2ccccc2Cc2ccccc2)C1. The Morgan fingerprint density at radius 3 is 2.44 bits per heavy atom. The van der Waals surface area contributed by atoms with Gasteiger partial charge in [-0.25, -0.2) is 0 Å². The van der Waals surface area contributed by atoms with Crippen LogP contribution in [0.3, 0.4) is 0 Å². The van der Waals surface area contributed by atoms with Crippen molar-refractivity contribution in [3.8, 4) is 0 Å². The third kappa shape index (κ3) is 4.08. The number of nitrogens with zero attached hydrogens (tertiary/aromatic N) is 1. The standard InChI is InChI=1S/C21H23NO3/c1-15-11-18(21(24)25)14-22(13-15)20(23)19-10-6-5-9-17(19)12-16-7-3-2-4-8-16/h2-10,15,18H,11-14H2,1H3,(H,24,25). The molecule has 1 aliphatic heterocycles. The van der Waals surface area contributed by atoms with Gasteiger partial charge in [-0.2, -0.15) is 0 Å². The van der Waals surface area contributed by atoms with E-state index in [4.69, 9.17) is 0 Å². The highest BCUT2D eigenvalue weighted by molar-refractivity contribution is 5.96. The zero-order valence-electron chi connectivity index (χ0n) is 14.4. The van der Waals surface area contributed by atoms with Gasteiger partial charge in [-0.15, -0.1) is 0 Å². The number of benzene rings is 2. The molecule has 1 fully saturated rings. The summed E-state index contributed by atoms with van der Waals surface area (Å²) in [4.78, 5) is 26.1. The Morgan fingerprint density at radius 1 is 1.04 bits per heavy atom. The van der Waals surface area contributed by atoms with Gasteiger partial charge in [-0.05, 0) is 36.0 Å². The molecule has 0 saturated carbocycles. The number of rotatable bonds is 4. The van der Waals surface area contributed by atoms with Crippen LogP contribution in [-0.4, -0.2) is 35.0 Å². The monoisotopic (exact) mass is 337 g/mol. The van der Waals surface area contributed by atoms with Crippen LogP contribution >= 0.6 is 0 Å². The smallest absolute Gasteiger partial charge is 0.308 e. The van der Waals surface area contributed by atoms with Gasteiger partial charge >= 0.3 is 5.97 Å². The fourth-order valence-corrected chi connectivity index (χ4v) is 3.57. The van der Waals surface area contributed by atoms with Crippen LogP contribution in [0.1, 0.15) is 34.8 Å². The van der Waals surface area contributed by atoms with E-state index in [9.17, 15) is 14.7 Å². The number of carbonyl (C=O) groups excluding carboxylic acids is 1. The van der Waals surface area contributed by atoms with Gasteiger partial charge in [0.15, 0.2) is 0 Å². The minimum atomic E-state index is -0.818. The van der Waals surface area contributed by atoms with Gasteiger partial charge in [0.05, 0.1) is 5.92 Å². The van der Waals surface area contributed by atoms with Crippen LogP contribution in [0.15, 0.2) is 54.6 Å². The minimum absolute atomic E-state index is 0.0654. The second kappa shape index (κ2) is 7.51. The second-order valence-electron chi connectivity index (χ2n) is 6.91. The van der Waals surface area contributed by atoms with Crippen molar-refractivity contribution in [2.24, 2.45) is 11.8 Å². The summed E-state index contributed by atoms with van der Waals surface area (Å²) in [6, 6.07) is 17.7. The maximum atomic E-state index is 13.1. The molecule has 2 atom stereocenters.